The molecule has 5 heteroatoms. The number of carboxylic acids is 1. The normalized spacial score (nSPS) is 23.1. The minimum absolute atomic E-state index is 0.0101. The van der Waals surface area contributed by atoms with Gasteiger partial charge in [0.1, 0.15) is 0 Å². The maximum absolute atomic E-state index is 12.4. The molecule has 0 bridgehead atoms. The van der Waals surface area contributed by atoms with Crippen LogP contribution in [0.1, 0.15) is 24.8 Å². The predicted molar refractivity (Wildman–Crippen MR) is 86.9 cm³/mol. The maximum atomic E-state index is 12.4. The van der Waals surface area contributed by atoms with Crippen molar-refractivity contribution in [3.8, 4) is 0 Å². The molecule has 21 heavy (non-hydrogen) atoms. The fourth-order valence-corrected chi connectivity index (χ4v) is 3.95. The van der Waals surface area contributed by atoms with Crippen molar-refractivity contribution in [1.29, 1.82) is 0 Å². The Balaban J connectivity index is 1.57. The molecule has 1 saturated heterocycles. The Kier molecular flexibility index (Phi) is 3.94. The Hall–Kier alpha value is -1.11. The van der Waals surface area contributed by atoms with E-state index in [9.17, 15) is 9.59 Å². The molecule has 1 spiro atoms. The largest absolute Gasteiger partial charge is 0.481 e. The van der Waals surface area contributed by atoms with Crippen molar-refractivity contribution in [2.24, 2.45) is 11.3 Å². The maximum Gasteiger partial charge on any atom is 0.307 e. The third-order valence-corrected chi connectivity index (χ3v) is 5.95. The first-order valence-corrected chi connectivity index (χ1v) is 8.34. The lowest BCUT2D eigenvalue weighted by Crippen LogP contribution is -2.40. The second kappa shape index (κ2) is 5.59. The van der Waals surface area contributed by atoms with E-state index in [0.29, 0.717) is 19.5 Å². The highest BCUT2D eigenvalue weighted by atomic mass is 127. The smallest absolute Gasteiger partial charge is 0.307 e. The summed E-state index contributed by atoms with van der Waals surface area (Å²) in [5.41, 5.74) is 1.06. The van der Waals surface area contributed by atoms with Gasteiger partial charge in [-0.05, 0) is 58.9 Å². The van der Waals surface area contributed by atoms with Gasteiger partial charge in [0.15, 0.2) is 0 Å². The molecule has 1 aromatic carbocycles. The number of carboxylic acid groups (broad SMARTS) is 1. The fourth-order valence-electron chi connectivity index (χ4n) is 3.37. The number of carbonyl (C=O) groups is 2. The number of benzene rings is 1. The summed E-state index contributed by atoms with van der Waals surface area (Å²) in [5, 5.41) is 9.09. The van der Waals surface area contributed by atoms with Crippen LogP contribution in [0.15, 0.2) is 24.3 Å². The van der Waals surface area contributed by atoms with E-state index in [1.807, 2.05) is 29.2 Å². The second-order valence-corrected chi connectivity index (χ2v) is 7.27. The Labute approximate surface area is 137 Å². The van der Waals surface area contributed by atoms with Crippen molar-refractivity contribution in [2.75, 3.05) is 13.1 Å². The van der Waals surface area contributed by atoms with Gasteiger partial charge < -0.3 is 10.0 Å². The number of aliphatic carboxylic acids is 1. The van der Waals surface area contributed by atoms with Crippen LogP contribution in [0, 0.1) is 14.9 Å². The molecule has 2 fully saturated rings. The summed E-state index contributed by atoms with van der Waals surface area (Å²) in [5.74, 6) is -0.695. The molecule has 1 unspecified atom stereocenters. The summed E-state index contributed by atoms with van der Waals surface area (Å²) in [6, 6.07) is 7.93. The summed E-state index contributed by atoms with van der Waals surface area (Å²) >= 11 is 2.25. The molecule has 4 nitrogen and oxygen atoms in total. The van der Waals surface area contributed by atoms with E-state index in [0.717, 1.165) is 28.4 Å². The number of halogens is 1. The van der Waals surface area contributed by atoms with E-state index in [1.165, 1.54) is 0 Å². The minimum Gasteiger partial charge on any atom is -0.481 e. The molecule has 0 aromatic heterocycles. The van der Waals surface area contributed by atoms with Gasteiger partial charge >= 0.3 is 5.97 Å². The molecule has 3 rings (SSSR count). The Bertz CT molecular complexity index is 579. The molecular weight excluding hydrogens is 381 g/mol. The molecule has 1 N–H and O–H groups in total. The predicted octanol–water partition coefficient (Wildman–Crippen LogP) is 2.55. The summed E-state index contributed by atoms with van der Waals surface area (Å²) in [4.78, 5) is 25.3. The van der Waals surface area contributed by atoms with Crippen LogP contribution in [0.4, 0.5) is 0 Å². The number of likely N-dealkylation sites (tertiary alicyclic amines) is 1. The molecule has 0 radical (unpaired) electrons. The number of rotatable bonds is 3. The summed E-state index contributed by atoms with van der Waals surface area (Å²) in [7, 11) is 0. The van der Waals surface area contributed by atoms with Crippen LogP contribution in [0.2, 0.25) is 0 Å². The molecule has 2 aliphatic rings. The first-order chi connectivity index (χ1) is 10.0. The molecule has 1 aliphatic heterocycles. The van der Waals surface area contributed by atoms with Crippen LogP contribution in [0.3, 0.4) is 0 Å². The molecule has 1 atom stereocenters. The lowest BCUT2D eigenvalue weighted by Gasteiger charge is -2.32. The molecule has 1 aliphatic carbocycles. The van der Waals surface area contributed by atoms with Gasteiger partial charge in [-0.3, -0.25) is 9.59 Å². The van der Waals surface area contributed by atoms with Crippen molar-refractivity contribution >= 4 is 34.5 Å². The molecule has 1 aromatic rings. The minimum atomic E-state index is -0.673. The highest BCUT2D eigenvalue weighted by Crippen LogP contribution is 2.59. The van der Waals surface area contributed by atoms with Crippen LogP contribution in [0.5, 0.6) is 0 Å². The van der Waals surface area contributed by atoms with Gasteiger partial charge in [0, 0.05) is 16.7 Å². The highest BCUT2D eigenvalue weighted by Gasteiger charge is 2.59. The standard InChI is InChI=1S/C16H18INO3/c17-13-4-2-1-3-11(13)9-14(19)18-7-5-16(6-8-18)10-12(16)15(20)21/h1-4,12H,5-10H2,(H,20,21). The van der Waals surface area contributed by atoms with Gasteiger partial charge in [-0.2, -0.15) is 0 Å². The van der Waals surface area contributed by atoms with Crippen molar-refractivity contribution in [2.45, 2.75) is 25.7 Å². The number of hydrogen-bond acceptors (Lipinski definition) is 2. The molecule has 1 saturated carbocycles. The number of amides is 1. The number of carbonyl (C=O) groups excluding carboxylic acids is 1. The van der Waals surface area contributed by atoms with Crippen molar-refractivity contribution in [1.82, 2.24) is 4.90 Å². The van der Waals surface area contributed by atoms with E-state index in [4.69, 9.17) is 5.11 Å². The van der Waals surface area contributed by atoms with Crippen LogP contribution < -0.4 is 0 Å². The monoisotopic (exact) mass is 399 g/mol. The van der Waals surface area contributed by atoms with Crippen LogP contribution in [0.25, 0.3) is 0 Å². The van der Waals surface area contributed by atoms with E-state index in [1.54, 1.807) is 0 Å². The number of hydrogen-bond donors (Lipinski definition) is 1. The van der Waals surface area contributed by atoms with Crippen LogP contribution in [-0.4, -0.2) is 35.0 Å². The van der Waals surface area contributed by atoms with Gasteiger partial charge in [0.25, 0.3) is 0 Å². The first kappa shape index (κ1) is 14.8. The van der Waals surface area contributed by atoms with Gasteiger partial charge in [-0.15, -0.1) is 0 Å². The van der Waals surface area contributed by atoms with Gasteiger partial charge in [0.2, 0.25) is 5.91 Å². The molecular formula is C16H18INO3. The van der Waals surface area contributed by atoms with Crippen molar-refractivity contribution in [3.63, 3.8) is 0 Å². The molecule has 1 amide bonds. The third-order valence-electron chi connectivity index (χ3n) is 4.90. The Morgan fingerprint density at radius 3 is 2.52 bits per heavy atom. The Morgan fingerprint density at radius 2 is 1.95 bits per heavy atom. The first-order valence-electron chi connectivity index (χ1n) is 7.26. The van der Waals surface area contributed by atoms with Crippen molar-refractivity contribution < 1.29 is 14.7 Å². The average molecular weight is 399 g/mol. The van der Waals surface area contributed by atoms with Gasteiger partial charge in [0.05, 0.1) is 12.3 Å². The van der Waals surface area contributed by atoms with Crippen LogP contribution in [-0.2, 0) is 16.0 Å². The van der Waals surface area contributed by atoms with E-state index >= 15 is 0 Å². The summed E-state index contributed by atoms with van der Waals surface area (Å²) < 4.78 is 1.12. The third kappa shape index (κ3) is 2.93. The lowest BCUT2D eigenvalue weighted by atomic mass is 9.90. The quantitative estimate of drug-likeness (QED) is 0.795. The van der Waals surface area contributed by atoms with Crippen molar-refractivity contribution in [3.05, 3.63) is 33.4 Å². The Morgan fingerprint density at radius 1 is 1.29 bits per heavy atom. The zero-order valence-corrected chi connectivity index (χ0v) is 13.9. The summed E-state index contributed by atoms with van der Waals surface area (Å²) in [6.45, 7) is 1.40. The zero-order chi connectivity index (χ0) is 15.0. The topological polar surface area (TPSA) is 57.6 Å². The zero-order valence-electron chi connectivity index (χ0n) is 11.7. The lowest BCUT2D eigenvalue weighted by molar-refractivity contribution is -0.139. The van der Waals surface area contributed by atoms with Crippen LogP contribution >= 0.6 is 22.6 Å². The molecule has 1 heterocycles. The van der Waals surface area contributed by atoms with Gasteiger partial charge in [-0.25, -0.2) is 0 Å². The molecule has 112 valence electrons. The average Bonchev–Trinajstić information content (AvgIpc) is 3.16. The number of piperidine rings is 1. The van der Waals surface area contributed by atoms with Gasteiger partial charge in [-0.1, -0.05) is 18.2 Å². The number of nitrogens with zero attached hydrogens (tertiary/aromatic N) is 1. The van der Waals surface area contributed by atoms with E-state index < -0.39 is 5.97 Å². The SMILES string of the molecule is O=C(O)C1CC12CCN(C(=O)Cc1ccccc1I)CC2. The van der Waals surface area contributed by atoms with E-state index in [-0.39, 0.29) is 17.2 Å². The highest BCUT2D eigenvalue weighted by molar-refractivity contribution is 14.1. The second-order valence-electron chi connectivity index (χ2n) is 6.11. The fraction of sp³-hybridized carbons (Fsp3) is 0.500. The van der Waals surface area contributed by atoms with E-state index in [2.05, 4.69) is 22.6 Å². The summed E-state index contributed by atoms with van der Waals surface area (Å²) in [6.07, 6.45) is 2.90.